The molecular weight excluding hydrogens is 561 g/mol. The minimum atomic E-state index is -4.71. The summed E-state index contributed by atoms with van der Waals surface area (Å²) in [6, 6.07) is 4.88. The van der Waals surface area contributed by atoms with Gasteiger partial charge in [-0.1, -0.05) is 5.16 Å². The fourth-order valence-electron chi connectivity index (χ4n) is 5.13. The number of aliphatic hydroxyl groups excluding tert-OH is 1. The number of halogens is 3. The zero-order valence-corrected chi connectivity index (χ0v) is 22.2. The van der Waals surface area contributed by atoms with Crippen LogP contribution in [-0.4, -0.2) is 91.2 Å². The average Bonchev–Trinajstić information content (AvgIpc) is 3.72. The van der Waals surface area contributed by atoms with Crippen molar-refractivity contribution in [1.82, 2.24) is 29.3 Å². The summed E-state index contributed by atoms with van der Waals surface area (Å²) < 4.78 is 57.3. The van der Waals surface area contributed by atoms with Gasteiger partial charge in [-0.25, -0.2) is 9.97 Å². The molecule has 0 aliphatic carbocycles. The van der Waals surface area contributed by atoms with Crippen LogP contribution in [0, 0.1) is 6.92 Å². The van der Waals surface area contributed by atoms with E-state index in [1.165, 1.54) is 23.0 Å². The molecule has 12 nitrogen and oxygen atoms in total. The lowest BCUT2D eigenvalue weighted by atomic mass is 10.1. The fraction of sp³-hybridized carbons (Fsp3) is 0.370. The van der Waals surface area contributed by atoms with E-state index in [-0.39, 0.29) is 47.6 Å². The number of aryl methyl sites for hydroxylation is 1. The van der Waals surface area contributed by atoms with E-state index in [0.717, 1.165) is 6.26 Å². The Hall–Kier alpha value is -4.50. The van der Waals surface area contributed by atoms with Gasteiger partial charge >= 0.3 is 6.18 Å². The molecule has 2 aliphatic heterocycles. The molecule has 0 radical (unpaired) electrons. The number of piperazine rings is 1. The molecule has 1 aromatic carbocycles. The second-order valence-electron chi connectivity index (χ2n) is 10.1. The van der Waals surface area contributed by atoms with Gasteiger partial charge in [-0.15, -0.1) is 0 Å². The van der Waals surface area contributed by atoms with Gasteiger partial charge in [0.2, 0.25) is 5.65 Å². The molecule has 2 atom stereocenters. The molecule has 1 N–H and O–H groups in total. The number of carbonyl (C=O) groups excluding carboxylic acids is 2. The Balaban J connectivity index is 1.15. The topological polar surface area (TPSA) is 136 Å². The molecule has 3 aromatic heterocycles. The lowest BCUT2D eigenvalue weighted by Crippen LogP contribution is -2.53. The minimum absolute atomic E-state index is 0.0480. The number of ether oxygens (including phenoxy) is 2. The van der Waals surface area contributed by atoms with Gasteiger partial charge in [-0.3, -0.25) is 14.0 Å². The Kier molecular flexibility index (Phi) is 7.06. The number of rotatable bonds is 5. The number of fused-ring (bicyclic) bond motifs is 1. The first-order chi connectivity index (χ1) is 20.1. The van der Waals surface area contributed by atoms with Crippen LogP contribution in [0.2, 0.25) is 0 Å². The van der Waals surface area contributed by atoms with Crippen molar-refractivity contribution < 1.29 is 41.9 Å². The number of carbonyl (C=O) groups is 2. The number of aromatic nitrogens is 4. The van der Waals surface area contributed by atoms with Crippen molar-refractivity contribution in [1.29, 1.82) is 0 Å². The zero-order valence-electron chi connectivity index (χ0n) is 22.2. The van der Waals surface area contributed by atoms with Crippen molar-refractivity contribution in [2.24, 2.45) is 0 Å². The molecule has 2 amide bonds. The standard InChI is InChI=1S/C27H25F3N6O6/c1-15-10-17(2-3-18(15)25(38)34-6-8-35(9-7-34)26(39)21-11-16(37)13-40-21)42-24-23-32-12-20(36(23)5-4-31-24)19-14-41-33-22(19)27(28,29)30/h2-5,10,12,14,16,21,37H,6-9,11,13H2,1H3/t16-,21+/m1/s1. The molecule has 0 unspecified atom stereocenters. The lowest BCUT2D eigenvalue weighted by Gasteiger charge is -2.36. The second kappa shape index (κ2) is 10.7. The van der Waals surface area contributed by atoms with Crippen LogP contribution in [0.1, 0.15) is 28.0 Å². The van der Waals surface area contributed by atoms with Crippen LogP contribution in [-0.2, 0) is 15.7 Å². The second-order valence-corrected chi connectivity index (χ2v) is 10.1. The summed E-state index contributed by atoms with van der Waals surface area (Å²) >= 11 is 0. The lowest BCUT2D eigenvalue weighted by molar-refractivity contribution is -0.143. The number of nitrogens with zero attached hydrogens (tertiary/aromatic N) is 6. The van der Waals surface area contributed by atoms with Crippen molar-refractivity contribution in [2.75, 3.05) is 32.8 Å². The molecule has 0 spiro atoms. The molecular formula is C27H25F3N6O6. The quantitative estimate of drug-likeness (QED) is 0.375. The van der Waals surface area contributed by atoms with Gasteiger partial charge in [-0.2, -0.15) is 13.2 Å². The Morgan fingerprint density at radius 1 is 1.12 bits per heavy atom. The first-order valence-electron chi connectivity index (χ1n) is 13.1. The van der Waals surface area contributed by atoms with Gasteiger partial charge in [0.05, 0.1) is 30.2 Å². The van der Waals surface area contributed by atoms with Crippen molar-refractivity contribution in [2.45, 2.75) is 31.7 Å². The summed E-state index contributed by atoms with van der Waals surface area (Å²) in [5.41, 5.74) is -0.0788. The highest BCUT2D eigenvalue weighted by Gasteiger charge is 2.39. The third kappa shape index (κ3) is 5.16. The molecule has 5 heterocycles. The molecule has 2 saturated heterocycles. The van der Waals surface area contributed by atoms with E-state index in [4.69, 9.17) is 9.47 Å². The summed E-state index contributed by atoms with van der Waals surface area (Å²) in [5.74, 6) is 0.0360. The molecule has 42 heavy (non-hydrogen) atoms. The number of alkyl halides is 3. The first kappa shape index (κ1) is 27.7. The van der Waals surface area contributed by atoms with Gasteiger partial charge in [0.15, 0.2) is 5.69 Å². The van der Waals surface area contributed by atoms with E-state index in [1.807, 2.05) is 0 Å². The first-order valence-corrected chi connectivity index (χ1v) is 13.1. The summed E-state index contributed by atoms with van der Waals surface area (Å²) in [5, 5.41) is 12.7. The SMILES string of the molecule is Cc1cc(Oc2nccn3c(-c4conc4C(F)(F)F)cnc23)ccc1C(=O)N1CCN(C(=O)[C@@H]2C[C@@H](O)CO2)CC1. The smallest absolute Gasteiger partial charge is 0.436 e. The predicted octanol–water partition coefficient (Wildman–Crippen LogP) is 2.94. The van der Waals surface area contributed by atoms with Crippen LogP contribution in [0.3, 0.4) is 0 Å². The van der Waals surface area contributed by atoms with Crippen LogP contribution < -0.4 is 4.74 Å². The highest BCUT2D eigenvalue weighted by molar-refractivity contribution is 5.96. The number of hydrogen-bond acceptors (Lipinski definition) is 9. The van der Waals surface area contributed by atoms with Gasteiger partial charge in [0.1, 0.15) is 18.1 Å². The molecule has 0 bridgehead atoms. The van der Waals surface area contributed by atoms with Crippen molar-refractivity contribution in [3.8, 4) is 22.9 Å². The van der Waals surface area contributed by atoms with E-state index in [9.17, 15) is 27.9 Å². The largest absolute Gasteiger partial charge is 0.437 e. The number of imidazole rings is 1. The number of hydrogen-bond donors (Lipinski definition) is 1. The minimum Gasteiger partial charge on any atom is -0.436 e. The van der Waals surface area contributed by atoms with Gasteiger partial charge in [0, 0.05) is 50.6 Å². The van der Waals surface area contributed by atoms with Crippen molar-refractivity contribution in [3.05, 3.63) is 59.9 Å². The van der Waals surface area contributed by atoms with Crippen LogP contribution in [0.25, 0.3) is 16.9 Å². The normalized spacial score (nSPS) is 19.5. The van der Waals surface area contributed by atoms with E-state index < -0.39 is 24.1 Å². The molecule has 220 valence electrons. The highest BCUT2D eigenvalue weighted by atomic mass is 19.4. The van der Waals surface area contributed by atoms with E-state index in [0.29, 0.717) is 43.1 Å². The summed E-state index contributed by atoms with van der Waals surface area (Å²) in [4.78, 5) is 37.6. The molecule has 15 heteroatoms. The van der Waals surface area contributed by atoms with E-state index >= 15 is 0 Å². The maximum atomic E-state index is 13.4. The Labute approximate surface area is 236 Å². The summed E-state index contributed by atoms with van der Waals surface area (Å²) in [6.45, 7) is 3.34. The molecule has 2 aliphatic rings. The van der Waals surface area contributed by atoms with Crippen molar-refractivity contribution >= 4 is 17.5 Å². The summed E-state index contributed by atoms with van der Waals surface area (Å²) in [6.07, 6.45) is -0.759. The predicted molar refractivity (Wildman–Crippen MR) is 138 cm³/mol. The molecule has 0 saturated carbocycles. The van der Waals surface area contributed by atoms with Gasteiger partial charge in [0.25, 0.3) is 17.7 Å². The van der Waals surface area contributed by atoms with Crippen LogP contribution in [0.5, 0.6) is 11.6 Å². The maximum Gasteiger partial charge on any atom is 0.437 e. The fourth-order valence-corrected chi connectivity index (χ4v) is 5.13. The van der Waals surface area contributed by atoms with Gasteiger partial charge < -0.3 is 28.9 Å². The van der Waals surface area contributed by atoms with Crippen LogP contribution in [0.4, 0.5) is 13.2 Å². The number of aliphatic hydroxyl groups is 1. The zero-order chi connectivity index (χ0) is 29.6. The molecule has 2 fully saturated rings. The monoisotopic (exact) mass is 586 g/mol. The highest BCUT2D eigenvalue weighted by Crippen LogP contribution is 2.37. The summed E-state index contributed by atoms with van der Waals surface area (Å²) in [7, 11) is 0. The Bertz CT molecular complexity index is 1640. The average molecular weight is 587 g/mol. The molecule has 4 aromatic rings. The number of amides is 2. The Morgan fingerprint density at radius 3 is 2.57 bits per heavy atom. The number of benzene rings is 1. The van der Waals surface area contributed by atoms with E-state index in [1.54, 1.807) is 34.9 Å². The van der Waals surface area contributed by atoms with Gasteiger partial charge in [-0.05, 0) is 30.7 Å². The van der Waals surface area contributed by atoms with Crippen LogP contribution in [0.15, 0.2) is 47.6 Å². The Morgan fingerprint density at radius 2 is 1.88 bits per heavy atom. The molecule has 6 rings (SSSR count). The third-order valence-corrected chi connectivity index (χ3v) is 7.28. The third-order valence-electron chi connectivity index (χ3n) is 7.28. The van der Waals surface area contributed by atoms with E-state index in [2.05, 4.69) is 19.6 Å². The van der Waals surface area contributed by atoms with Crippen molar-refractivity contribution in [3.63, 3.8) is 0 Å². The van der Waals surface area contributed by atoms with Crippen LogP contribution >= 0.6 is 0 Å². The maximum absolute atomic E-state index is 13.4.